The lowest BCUT2D eigenvalue weighted by Crippen LogP contribution is -2.31. The van der Waals surface area contributed by atoms with E-state index in [1.54, 1.807) is 7.11 Å². The molecule has 1 aromatic rings. The highest BCUT2D eigenvalue weighted by atomic mass is 16.5. The molecule has 0 bridgehead atoms. The largest absolute Gasteiger partial charge is 0.382 e. The van der Waals surface area contributed by atoms with Crippen LogP contribution in [-0.2, 0) is 27.3 Å². The lowest BCUT2D eigenvalue weighted by Gasteiger charge is -2.04. The molecule has 1 heterocycles. The number of imidazole rings is 1. The van der Waals surface area contributed by atoms with Gasteiger partial charge in [0.05, 0.1) is 45.6 Å². The maximum atomic E-state index is 8.49. The van der Waals surface area contributed by atoms with Gasteiger partial charge in [-0.1, -0.05) is 32.1 Å². The summed E-state index contributed by atoms with van der Waals surface area (Å²) >= 11 is 0. The van der Waals surface area contributed by atoms with Gasteiger partial charge in [0.25, 0.3) is 0 Å². The number of unbranched alkanes of at least 4 members (excludes halogenated alkanes) is 8. The number of methoxy groups -OCH3 is 1. The molecule has 27 heavy (non-hydrogen) atoms. The van der Waals surface area contributed by atoms with Gasteiger partial charge in [0.1, 0.15) is 18.9 Å². The molecule has 0 saturated carbocycles. The molecule has 0 fully saturated rings. The normalized spacial score (nSPS) is 11.0. The number of hydrogen-bond acceptors (Lipinski definition) is 4. The lowest BCUT2D eigenvalue weighted by molar-refractivity contribution is -0.696. The summed E-state index contributed by atoms with van der Waals surface area (Å²) in [6.07, 6.45) is 17.2. The van der Waals surface area contributed by atoms with E-state index in [2.05, 4.69) is 33.9 Å². The van der Waals surface area contributed by atoms with E-state index in [4.69, 9.17) is 19.5 Å². The van der Waals surface area contributed by atoms with Crippen molar-refractivity contribution in [1.29, 1.82) is 5.26 Å². The van der Waals surface area contributed by atoms with E-state index in [-0.39, 0.29) is 0 Å². The summed E-state index contributed by atoms with van der Waals surface area (Å²) in [5.74, 6) is 0. The monoisotopic (exact) mass is 380 g/mol. The van der Waals surface area contributed by atoms with Crippen LogP contribution in [0, 0.1) is 11.3 Å². The van der Waals surface area contributed by atoms with Crippen LogP contribution in [0.1, 0.15) is 57.8 Å². The van der Waals surface area contributed by atoms with Gasteiger partial charge in [-0.25, -0.2) is 9.13 Å². The molecule has 0 amide bonds. The number of rotatable bonds is 19. The molecule has 0 aromatic carbocycles. The Balaban J connectivity index is 1.91. The molecule has 154 valence electrons. The van der Waals surface area contributed by atoms with Gasteiger partial charge in [-0.15, -0.1) is 0 Å². The Bertz CT molecular complexity index is 485. The molecule has 1 aromatic heterocycles. The van der Waals surface area contributed by atoms with Crippen LogP contribution in [0.4, 0.5) is 0 Å². The summed E-state index contributed by atoms with van der Waals surface area (Å²) in [6.45, 7) is 5.17. The second kappa shape index (κ2) is 18.0. The van der Waals surface area contributed by atoms with E-state index in [1.807, 2.05) is 0 Å². The van der Waals surface area contributed by atoms with Crippen LogP contribution in [0.25, 0.3) is 0 Å². The van der Waals surface area contributed by atoms with Gasteiger partial charge >= 0.3 is 0 Å². The minimum atomic E-state index is 0.620. The van der Waals surface area contributed by atoms with E-state index >= 15 is 0 Å². The van der Waals surface area contributed by atoms with Crippen molar-refractivity contribution >= 4 is 0 Å². The zero-order valence-corrected chi connectivity index (χ0v) is 17.1. The third kappa shape index (κ3) is 14.3. The molecule has 0 radical (unpaired) electrons. The van der Waals surface area contributed by atoms with Gasteiger partial charge in [0, 0.05) is 13.5 Å². The van der Waals surface area contributed by atoms with Crippen LogP contribution in [0.5, 0.6) is 0 Å². The number of nitrogens with zero attached hydrogens (tertiary/aromatic N) is 3. The highest BCUT2D eigenvalue weighted by molar-refractivity contribution is 4.67. The van der Waals surface area contributed by atoms with Gasteiger partial charge in [-0.05, 0) is 19.3 Å². The van der Waals surface area contributed by atoms with Crippen LogP contribution in [-0.4, -0.2) is 44.7 Å². The van der Waals surface area contributed by atoms with Crippen LogP contribution in [0.2, 0.25) is 0 Å². The molecule has 0 N–H and O–H groups in total. The molecule has 0 spiro atoms. The first kappa shape index (κ1) is 23.6. The van der Waals surface area contributed by atoms with Crippen molar-refractivity contribution in [3.8, 4) is 6.07 Å². The SMILES string of the molecule is COCCOCCOCCn1cc[n+](CCCCCCCCCCC#N)c1. The van der Waals surface area contributed by atoms with Crippen LogP contribution < -0.4 is 4.57 Å². The Kier molecular flexibility index (Phi) is 15.7. The molecule has 0 aliphatic carbocycles. The quantitative estimate of drug-likeness (QED) is 0.272. The Morgan fingerprint density at radius 1 is 0.852 bits per heavy atom. The molecule has 1 rings (SSSR count). The number of aryl methyl sites for hydroxylation is 1. The topological polar surface area (TPSA) is 60.3 Å². The Morgan fingerprint density at radius 2 is 1.48 bits per heavy atom. The van der Waals surface area contributed by atoms with E-state index in [0.29, 0.717) is 39.5 Å². The predicted molar refractivity (Wildman–Crippen MR) is 105 cm³/mol. The first-order valence-electron chi connectivity index (χ1n) is 10.4. The number of hydrogen-bond donors (Lipinski definition) is 0. The standard InChI is InChI=1S/C21H38N3O3/c1-25-17-18-27-20-19-26-16-15-24-14-13-23(21-24)12-10-8-6-4-2-3-5-7-9-11-22/h13-14,21H,2-10,12,15-20H2,1H3/q+1. The Labute approximate surface area is 165 Å². The number of aromatic nitrogens is 2. The van der Waals surface area contributed by atoms with E-state index < -0.39 is 0 Å². The first-order chi connectivity index (χ1) is 13.4. The third-order valence-corrected chi connectivity index (χ3v) is 4.50. The predicted octanol–water partition coefficient (Wildman–Crippen LogP) is 3.49. The fourth-order valence-electron chi connectivity index (χ4n) is 2.90. The van der Waals surface area contributed by atoms with Gasteiger partial charge in [0.15, 0.2) is 0 Å². The Morgan fingerprint density at radius 3 is 2.19 bits per heavy atom. The maximum Gasteiger partial charge on any atom is 0.243 e. The molecule has 0 aliphatic heterocycles. The van der Waals surface area contributed by atoms with Gasteiger partial charge in [-0.2, -0.15) is 5.26 Å². The molecule has 0 atom stereocenters. The van der Waals surface area contributed by atoms with Crippen molar-refractivity contribution in [3.05, 3.63) is 18.7 Å². The molecule has 6 heteroatoms. The van der Waals surface area contributed by atoms with Crippen molar-refractivity contribution in [2.45, 2.75) is 70.9 Å². The van der Waals surface area contributed by atoms with E-state index in [9.17, 15) is 0 Å². The molecule has 0 saturated heterocycles. The molecule has 0 aliphatic rings. The zero-order valence-electron chi connectivity index (χ0n) is 17.1. The van der Waals surface area contributed by atoms with Crippen LogP contribution in [0.3, 0.4) is 0 Å². The van der Waals surface area contributed by atoms with Crippen LogP contribution >= 0.6 is 0 Å². The van der Waals surface area contributed by atoms with E-state index in [1.165, 1.54) is 44.9 Å². The summed E-state index contributed by atoms with van der Waals surface area (Å²) in [7, 11) is 1.67. The highest BCUT2D eigenvalue weighted by Gasteiger charge is 2.03. The maximum absolute atomic E-state index is 8.49. The molecular weight excluding hydrogens is 342 g/mol. The lowest BCUT2D eigenvalue weighted by atomic mass is 10.1. The minimum absolute atomic E-state index is 0.620. The smallest absolute Gasteiger partial charge is 0.243 e. The second-order valence-electron chi connectivity index (χ2n) is 6.84. The Hall–Kier alpha value is -1.42. The van der Waals surface area contributed by atoms with Crippen molar-refractivity contribution < 1.29 is 18.8 Å². The average Bonchev–Trinajstić information content (AvgIpc) is 3.13. The third-order valence-electron chi connectivity index (χ3n) is 4.50. The van der Waals surface area contributed by atoms with Gasteiger partial charge in [-0.3, -0.25) is 0 Å². The summed E-state index contributed by atoms with van der Waals surface area (Å²) in [6, 6.07) is 2.21. The molecule has 0 unspecified atom stereocenters. The molecular formula is C21H38N3O3+. The fraction of sp³-hybridized carbons (Fsp3) is 0.810. The number of ether oxygens (including phenoxy) is 3. The van der Waals surface area contributed by atoms with Crippen molar-refractivity contribution in [1.82, 2.24) is 4.57 Å². The van der Waals surface area contributed by atoms with Gasteiger partial charge < -0.3 is 14.2 Å². The fourth-order valence-corrected chi connectivity index (χ4v) is 2.90. The second-order valence-corrected chi connectivity index (χ2v) is 6.84. The zero-order chi connectivity index (χ0) is 19.4. The summed E-state index contributed by atoms with van der Waals surface area (Å²) in [5.41, 5.74) is 0. The summed E-state index contributed by atoms with van der Waals surface area (Å²) < 4.78 is 20.3. The average molecular weight is 381 g/mol. The van der Waals surface area contributed by atoms with Crippen molar-refractivity contribution in [3.63, 3.8) is 0 Å². The van der Waals surface area contributed by atoms with Crippen molar-refractivity contribution in [2.75, 3.05) is 40.1 Å². The summed E-state index contributed by atoms with van der Waals surface area (Å²) in [4.78, 5) is 0. The van der Waals surface area contributed by atoms with Crippen molar-refractivity contribution in [2.24, 2.45) is 0 Å². The van der Waals surface area contributed by atoms with Gasteiger partial charge in [0.2, 0.25) is 6.33 Å². The molecule has 6 nitrogen and oxygen atoms in total. The first-order valence-corrected chi connectivity index (χ1v) is 10.4. The van der Waals surface area contributed by atoms with E-state index in [0.717, 1.165) is 19.5 Å². The minimum Gasteiger partial charge on any atom is -0.382 e. The van der Waals surface area contributed by atoms with Crippen LogP contribution in [0.15, 0.2) is 18.7 Å². The highest BCUT2D eigenvalue weighted by Crippen LogP contribution is 2.09. The number of nitriles is 1. The summed E-state index contributed by atoms with van der Waals surface area (Å²) in [5, 5.41) is 8.49.